The minimum Gasteiger partial charge on any atom is -0.350 e. The van der Waals surface area contributed by atoms with E-state index in [0.29, 0.717) is 5.41 Å². The molecule has 0 bridgehead atoms. The summed E-state index contributed by atoms with van der Waals surface area (Å²) in [7, 11) is 0. The van der Waals surface area contributed by atoms with E-state index in [9.17, 15) is 0 Å². The second-order valence-corrected chi connectivity index (χ2v) is 12.6. The second kappa shape index (κ2) is 2.89. The Bertz CT molecular complexity index is 742. The van der Waals surface area contributed by atoms with Crippen LogP contribution < -0.4 is 0 Å². The standard InChI is InChI=1S/C23H26O2/c1-2-25-22(24-1)23-19-7-3-5-9-6-4-8(19)13-11(6)16-14(9)15-10(5)12(7)20(23)17(15)18(16)21(13)23/h5-22H,1-4H2/t5-,6+,7-,8-,9?,10+,11-,12-,13-,14?,15+,16-,17+,18-,19?,20-,21-,23?/m1/s1. The van der Waals surface area contributed by atoms with E-state index in [0.717, 1.165) is 66.5 Å². The van der Waals surface area contributed by atoms with Crippen LogP contribution in [0.4, 0.5) is 0 Å². The number of ether oxygens (including phenoxy) is 2. The van der Waals surface area contributed by atoms with Gasteiger partial charge in [0.1, 0.15) is 0 Å². The molecule has 0 radical (unpaired) electrons. The highest BCUT2D eigenvalue weighted by atomic mass is 16.7. The number of rotatable bonds is 1. The summed E-state index contributed by atoms with van der Waals surface area (Å²) in [4.78, 5) is 0. The maximum atomic E-state index is 6.46. The maximum Gasteiger partial charge on any atom is 0.164 e. The van der Waals surface area contributed by atoms with Crippen molar-refractivity contribution in [1.82, 2.24) is 0 Å². The molecular weight excluding hydrogens is 308 g/mol. The average Bonchev–Trinajstić information content (AvgIpc) is 3.32. The molecular formula is C23H26O2. The molecule has 0 aromatic rings. The molecule has 1 aliphatic heterocycles. The molecule has 11 fully saturated rings. The fraction of sp³-hybridized carbons (Fsp3) is 1.00. The molecule has 11 aliphatic rings. The van der Waals surface area contributed by atoms with Crippen LogP contribution in [0.1, 0.15) is 12.8 Å². The molecule has 25 heavy (non-hydrogen) atoms. The zero-order chi connectivity index (χ0) is 15.1. The molecule has 10 saturated carbocycles. The summed E-state index contributed by atoms with van der Waals surface area (Å²) in [5, 5.41) is 0. The summed E-state index contributed by atoms with van der Waals surface area (Å²) in [6, 6.07) is 0. The maximum absolute atomic E-state index is 6.46. The lowest BCUT2D eigenvalue weighted by Crippen LogP contribution is -2.47. The zero-order valence-corrected chi connectivity index (χ0v) is 14.5. The third kappa shape index (κ3) is 0.713. The molecule has 0 N–H and O–H groups in total. The van der Waals surface area contributed by atoms with Gasteiger partial charge in [0.05, 0.1) is 13.2 Å². The number of hydrogen-bond acceptors (Lipinski definition) is 2. The predicted molar refractivity (Wildman–Crippen MR) is 86.7 cm³/mol. The van der Waals surface area contributed by atoms with Crippen molar-refractivity contribution in [1.29, 1.82) is 0 Å². The van der Waals surface area contributed by atoms with E-state index in [-0.39, 0.29) is 6.29 Å². The van der Waals surface area contributed by atoms with Crippen LogP contribution >= 0.6 is 0 Å². The van der Waals surface area contributed by atoms with Crippen LogP contribution in [0.5, 0.6) is 0 Å². The highest BCUT2D eigenvalue weighted by molar-refractivity contribution is 5.43. The first-order chi connectivity index (χ1) is 12.4. The Kier molecular flexibility index (Phi) is 1.35. The molecule has 1 saturated heterocycles. The van der Waals surface area contributed by atoms with Gasteiger partial charge in [0.25, 0.3) is 0 Å². The molecule has 18 atom stereocenters. The fourth-order valence-electron chi connectivity index (χ4n) is 15.5. The largest absolute Gasteiger partial charge is 0.350 e. The SMILES string of the molecule is C1COC(C23C4[C@@H]5C[C@@H]6C7C8[C@@H]9[C@@H]6[C@@H]5[C@@H]2[C@@H]9[C@H]2[C@@H]8[C@H]5[C@H]([C@H]23)[C@H]4C[C@@H]75)O1. The van der Waals surface area contributed by atoms with E-state index in [4.69, 9.17) is 9.47 Å². The van der Waals surface area contributed by atoms with Gasteiger partial charge in [-0.05, 0) is 113 Å². The predicted octanol–water partition coefficient (Wildman–Crippen LogP) is 2.74. The lowest BCUT2D eigenvalue weighted by molar-refractivity contribution is -0.177. The van der Waals surface area contributed by atoms with Gasteiger partial charge < -0.3 is 9.47 Å². The third-order valence-corrected chi connectivity index (χ3v) is 13.8. The Balaban J connectivity index is 1.34. The number of fused-ring (bicyclic) bond motifs is 4. The summed E-state index contributed by atoms with van der Waals surface area (Å²) in [5.41, 5.74) is 0.515. The van der Waals surface area contributed by atoms with Crippen molar-refractivity contribution in [2.24, 2.45) is 106 Å². The highest BCUT2D eigenvalue weighted by Crippen LogP contribution is 2.99. The fourth-order valence-corrected chi connectivity index (χ4v) is 15.5. The smallest absolute Gasteiger partial charge is 0.164 e. The van der Waals surface area contributed by atoms with Gasteiger partial charge in [-0.25, -0.2) is 0 Å². The Labute approximate surface area is 148 Å². The summed E-state index contributed by atoms with van der Waals surface area (Å²) < 4.78 is 12.9. The van der Waals surface area contributed by atoms with Gasteiger partial charge in [0.2, 0.25) is 0 Å². The van der Waals surface area contributed by atoms with Crippen molar-refractivity contribution in [2.45, 2.75) is 19.1 Å². The highest BCUT2D eigenvalue weighted by Gasteiger charge is 2.97. The third-order valence-electron chi connectivity index (χ3n) is 13.8. The molecule has 0 aromatic heterocycles. The Morgan fingerprint density at radius 2 is 1.04 bits per heavy atom. The first-order valence-corrected chi connectivity index (χ1v) is 11.7. The first-order valence-electron chi connectivity index (χ1n) is 11.7. The second-order valence-electron chi connectivity index (χ2n) is 12.6. The van der Waals surface area contributed by atoms with Crippen molar-refractivity contribution in [2.75, 3.05) is 13.2 Å². The van der Waals surface area contributed by atoms with Crippen molar-refractivity contribution in [3.05, 3.63) is 0 Å². The van der Waals surface area contributed by atoms with Crippen LogP contribution in [0.2, 0.25) is 0 Å². The van der Waals surface area contributed by atoms with Crippen molar-refractivity contribution >= 4 is 0 Å². The summed E-state index contributed by atoms with van der Waals surface area (Å²) in [6.45, 7) is 1.77. The van der Waals surface area contributed by atoms with Crippen LogP contribution in [0.25, 0.3) is 0 Å². The Hall–Kier alpha value is -0.0800. The van der Waals surface area contributed by atoms with Crippen molar-refractivity contribution in [3.8, 4) is 0 Å². The lowest BCUT2D eigenvalue weighted by Gasteiger charge is -2.45. The molecule has 2 heteroatoms. The van der Waals surface area contributed by atoms with E-state index < -0.39 is 0 Å². The monoisotopic (exact) mass is 334 g/mol. The van der Waals surface area contributed by atoms with Crippen LogP contribution in [-0.2, 0) is 9.47 Å². The molecule has 0 spiro atoms. The van der Waals surface area contributed by atoms with Gasteiger partial charge >= 0.3 is 0 Å². The van der Waals surface area contributed by atoms with Gasteiger partial charge in [-0.15, -0.1) is 0 Å². The van der Waals surface area contributed by atoms with Crippen LogP contribution in [0, 0.1) is 106 Å². The van der Waals surface area contributed by atoms with E-state index in [2.05, 4.69) is 0 Å². The van der Waals surface area contributed by atoms with E-state index in [1.165, 1.54) is 47.3 Å². The van der Waals surface area contributed by atoms with E-state index in [1.54, 1.807) is 12.8 Å². The molecule has 10 aliphatic carbocycles. The summed E-state index contributed by atoms with van der Waals surface area (Å²) in [5.74, 6) is 19.5. The van der Waals surface area contributed by atoms with E-state index in [1.807, 2.05) is 0 Å². The summed E-state index contributed by atoms with van der Waals surface area (Å²) in [6.07, 6.45) is 3.54. The van der Waals surface area contributed by atoms with Gasteiger partial charge in [-0.2, -0.15) is 0 Å². The molecule has 2 nitrogen and oxygen atoms in total. The van der Waals surface area contributed by atoms with Gasteiger partial charge in [0.15, 0.2) is 6.29 Å². The zero-order valence-electron chi connectivity index (χ0n) is 14.5. The average molecular weight is 334 g/mol. The molecule has 4 unspecified atom stereocenters. The van der Waals surface area contributed by atoms with E-state index >= 15 is 0 Å². The van der Waals surface area contributed by atoms with Crippen LogP contribution in [0.3, 0.4) is 0 Å². The van der Waals surface area contributed by atoms with Gasteiger partial charge in [-0.1, -0.05) is 0 Å². The lowest BCUT2D eigenvalue weighted by atomic mass is 9.63. The number of hydrogen-bond donors (Lipinski definition) is 0. The van der Waals surface area contributed by atoms with Crippen LogP contribution in [-0.4, -0.2) is 19.5 Å². The van der Waals surface area contributed by atoms with Gasteiger partial charge in [0, 0.05) is 5.41 Å². The summed E-state index contributed by atoms with van der Waals surface area (Å²) >= 11 is 0. The molecule has 11 rings (SSSR count). The minimum atomic E-state index is 0.220. The Morgan fingerprint density at radius 3 is 1.64 bits per heavy atom. The van der Waals surface area contributed by atoms with Gasteiger partial charge in [-0.3, -0.25) is 0 Å². The van der Waals surface area contributed by atoms with Crippen LogP contribution in [0.15, 0.2) is 0 Å². The Morgan fingerprint density at radius 1 is 0.480 bits per heavy atom. The normalized spacial score (nSPS) is 89.0. The molecule has 1 heterocycles. The van der Waals surface area contributed by atoms with Crippen molar-refractivity contribution < 1.29 is 9.47 Å². The first kappa shape index (κ1) is 11.7. The molecule has 0 amide bonds. The van der Waals surface area contributed by atoms with Crippen molar-refractivity contribution in [3.63, 3.8) is 0 Å². The topological polar surface area (TPSA) is 18.5 Å². The molecule has 0 aromatic carbocycles. The molecule has 130 valence electrons. The quantitative estimate of drug-likeness (QED) is 0.734. The minimum absolute atomic E-state index is 0.220.